The number of aliphatic hydroxyl groups excluding tert-OH is 4. The number of nitrogens with two attached hydrogens (primary N) is 1. The van der Waals surface area contributed by atoms with Crippen molar-refractivity contribution in [3.05, 3.63) is 0 Å². The molecule has 0 bridgehead atoms. The predicted molar refractivity (Wildman–Crippen MR) is 54.3 cm³/mol. The smallest absolute Gasteiger partial charge is 0.249 e. The Bertz CT molecular complexity index is 212. The third-order valence-corrected chi connectivity index (χ3v) is 2.02. The summed E-state index contributed by atoms with van der Waals surface area (Å²) in [7, 11) is 0. The van der Waals surface area contributed by atoms with E-state index < -0.39 is 36.9 Å². The van der Waals surface area contributed by atoms with Gasteiger partial charge in [0.2, 0.25) is 5.91 Å². The molecule has 6 N–H and O–H groups in total. The summed E-state index contributed by atoms with van der Waals surface area (Å²) in [6.45, 7) is 1.24. The third kappa shape index (κ3) is 4.42. The lowest BCUT2D eigenvalue weighted by Crippen LogP contribution is -2.51. The zero-order valence-corrected chi connectivity index (χ0v) is 9.11. The van der Waals surface area contributed by atoms with Crippen molar-refractivity contribution < 1.29 is 30.0 Å². The molecule has 0 aliphatic heterocycles. The van der Waals surface area contributed by atoms with Gasteiger partial charge in [-0.05, 0) is 6.42 Å². The Labute approximate surface area is 93.5 Å². The average Bonchev–Trinajstić information content (AvgIpc) is 2.26. The van der Waals surface area contributed by atoms with E-state index in [0.717, 1.165) is 0 Å². The van der Waals surface area contributed by atoms with Crippen molar-refractivity contribution in [1.29, 1.82) is 0 Å². The summed E-state index contributed by atoms with van der Waals surface area (Å²) in [6.07, 6.45) is -5.72. The molecule has 0 saturated heterocycles. The summed E-state index contributed by atoms with van der Waals surface area (Å²) in [5, 5.41) is 36.5. The molecule has 4 atom stereocenters. The topological polar surface area (TPSA) is 133 Å². The summed E-state index contributed by atoms with van der Waals surface area (Å²) in [6, 6.07) is 0. The van der Waals surface area contributed by atoms with Gasteiger partial charge in [0.1, 0.15) is 18.3 Å². The number of aliphatic hydroxyl groups is 4. The molecular weight excluding hydrogens is 218 g/mol. The van der Waals surface area contributed by atoms with Gasteiger partial charge in [0.15, 0.2) is 6.10 Å². The molecule has 0 fully saturated rings. The van der Waals surface area contributed by atoms with Crippen LogP contribution in [0.4, 0.5) is 0 Å². The summed E-state index contributed by atoms with van der Waals surface area (Å²) >= 11 is 0. The number of ether oxygens (including phenoxy) is 1. The minimum absolute atomic E-state index is 0.187. The molecule has 0 aliphatic carbocycles. The summed E-state index contributed by atoms with van der Waals surface area (Å²) in [5.74, 6) is -0.940. The van der Waals surface area contributed by atoms with Crippen LogP contribution in [0.25, 0.3) is 0 Å². The number of amides is 1. The summed E-state index contributed by atoms with van der Waals surface area (Å²) in [4.78, 5) is 10.9. The average molecular weight is 237 g/mol. The van der Waals surface area contributed by atoms with Crippen LogP contribution >= 0.6 is 0 Å². The molecule has 1 amide bonds. The minimum atomic E-state index is -1.70. The molecule has 0 aromatic carbocycles. The van der Waals surface area contributed by atoms with E-state index in [1.54, 1.807) is 6.92 Å². The standard InChI is InChI=1S/C9H19NO6/c1-2-3-16-8(9(10)15)7(14)6(13)5(12)4-11/h5-8,11-14H,2-4H2,1H3,(H2,10,15)/t5-,6-,7+,8-/m1/s1. The molecule has 0 rings (SSSR count). The van der Waals surface area contributed by atoms with Crippen molar-refractivity contribution in [2.45, 2.75) is 37.8 Å². The van der Waals surface area contributed by atoms with Crippen LogP contribution in [-0.4, -0.2) is 64.0 Å². The molecule has 0 spiro atoms. The van der Waals surface area contributed by atoms with Crippen LogP contribution in [0.1, 0.15) is 13.3 Å². The van der Waals surface area contributed by atoms with Crippen molar-refractivity contribution in [1.82, 2.24) is 0 Å². The molecule has 16 heavy (non-hydrogen) atoms. The van der Waals surface area contributed by atoms with Crippen LogP contribution in [0, 0.1) is 0 Å². The Kier molecular flexibility index (Phi) is 7.18. The maximum absolute atomic E-state index is 10.9. The first-order valence-electron chi connectivity index (χ1n) is 5.01. The highest BCUT2D eigenvalue weighted by molar-refractivity contribution is 5.79. The maximum Gasteiger partial charge on any atom is 0.249 e. The number of carbonyl (C=O) groups is 1. The molecule has 7 heteroatoms. The second-order valence-electron chi connectivity index (χ2n) is 3.42. The van der Waals surface area contributed by atoms with E-state index in [4.69, 9.17) is 20.7 Å². The maximum atomic E-state index is 10.9. The molecule has 0 aliphatic rings. The molecule has 96 valence electrons. The Morgan fingerprint density at radius 1 is 1.31 bits per heavy atom. The van der Waals surface area contributed by atoms with Gasteiger partial charge in [-0.2, -0.15) is 0 Å². The van der Waals surface area contributed by atoms with Gasteiger partial charge in [-0.15, -0.1) is 0 Å². The van der Waals surface area contributed by atoms with Crippen molar-refractivity contribution in [3.8, 4) is 0 Å². The van der Waals surface area contributed by atoms with Crippen LogP contribution in [0.2, 0.25) is 0 Å². The quantitative estimate of drug-likeness (QED) is 0.313. The predicted octanol–water partition coefficient (Wildman–Crippen LogP) is -2.66. The van der Waals surface area contributed by atoms with Gasteiger partial charge < -0.3 is 30.9 Å². The molecule has 0 unspecified atom stereocenters. The van der Waals surface area contributed by atoms with Crippen LogP contribution in [0.15, 0.2) is 0 Å². The van der Waals surface area contributed by atoms with Crippen molar-refractivity contribution >= 4 is 5.91 Å². The molecule has 0 radical (unpaired) electrons. The van der Waals surface area contributed by atoms with Gasteiger partial charge in [0, 0.05) is 6.61 Å². The first-order valence-corrected chi connectivity index (χ1v) is 5.01. The Hall–Kier alpha value is -0.730. The molecule has 0 aromatic heterocycles. The lowest BCUT2D eigenvalue weighted by Gasteiger charge is -2.26. The Morgan fingerprint density at radius 2 is 1.88 bits per heavy atom. The number of carbonyl (C=O) groups excluding carboxylic acids is 1. The van der Waals surface area contributed by atoms with Crippen LogP contribution < -0.4 is 5.73 Å². The molecule has 7 nitrogen and oxygen atoms in total. The fourth-order valence-electron chi connectivity index (χ4n) is 1.11. The molecule has 0 aromatic rings. The largest absolute Gasteiger partial charge is 0.394 e. The number of hydrogen-bond donors (Lipinski definition) is 5. The van der Waals surface area contributed by atoms with Crippen LogP contribution in [0.3, 0.4) is 0 Å². The second kappa shape index (κ2) is 7.53. The molecular formula is C9H19NO6. The van der Waals surface area contributed by atoms with Gasteiger partial charge in [0.25, 0.3) is 0 Å². The lowest BCUT2D eigenvalue weighted by atomic mass is 10.0. The zero-order valence-electron chi connectivity index (χ0n) is 9.11. The number of rotatable bonds is 8. The van der Waals surface area contributed by atoms with E-state index in [1.165, 1.54) is 0 Å². The van der Waals surface area contributed by atoms with Gasteiger partial charge in [-0.25, -0.2) is 0 Å². The van der Waals surface area contributed by atoms with Crippen LogP contribution in [0.5, 0.6) is 0 Å². The monoisotopic (exact) mass is 237 g/mol. The lowest BCUT2D eigenvalue weighted by molar-refractivity contribution is -0.155. The van der Waals surface area contributed by atoms with E-state index >= 15 is 0 Å². The van der Waals surface area contributed by atoms with Gasteiger partial charge in [0.05, 0.1) is 6.61 Å². The molecule has 0 heterocycles. The summed E-state index contributed by atoms with van der Waals surface area (Å²) in [5.41, 5.74) is 4.98. The van der Waals surface area contributed by atoms with Crippen molar-refractivity contribution in [2.24, 2.45) is 5.73 Å². The van der Waals surface area contributed by atoms with E-state index in [2.05, 4.69) is 0 Å². The Balaban J connectivity index is 4.47. The highest BCUT2D eigenvalue weighted by Gasteiger charge is 2.34. The minimum Gasteiger partial charge on any atom is -0.394 e. The van der Waals surface area contributed by atoms with Gasteiger partial charge in [-0.3, -0.25) is 4.79 Å². The highest BCUT2D eigenvalue weighted by atomic mass is 16.5. The third-order valence-electron chi connectivity index (χ3n) is 2.02. The SMILES string of the molecule is CCCO[C@@H](C(N)=O)[C@@H](O)[C@H](O)[C@H](O)CO. The van der Waals surface area contributed by atoms with E-state index in [9.17, 15) is 15.0 Å². The Morgan fingerprint density at radius 3 is 2.25 bits per heavy atom. The first-order chi connectivity index (χ1) is 7.45. The van der Waals surface area contributed by atoms with Crippen molar-refractivity contribution in [3.63, 3.8) is 0 Å². The zero-order chi connectivity index (χ0) is 12.7. The van der Waals surface area contributed by atoms with Crippen molar-refractivity contribution in [2.75, 3.05) is 13.2 Å². The number of primary amides is 1. The van der Waals surface area contributed by atoms with Crippen LogP contribution in [-0.2, 0) is 9.53 Å². The first kappa shape index (κ1) is 15.3. The van der Waals surface area contributed by atoms with E-state index in [-0.39, 0.29) is 6.61 Å². The summed E-state index contributed by atoms with van der Waals surface area (Å²) < 4.78 is 4.95. The second-order valence-corrected chi connectivity index (χ2v) is 3.42. The van der Waals surface area contributed by atoms with E-state index in [1.807, 2.05) is 0 Å². The van der Waals surface area contributed by atoms with Gasteiger partial charge >= 0.3 is 0 Å². The number of hydrogen-bond acceptors (Lipinski definition) is 6. The fourth-order valence-corrected chi connectivity index (χ4v) is 1.11. The van der Waals surface area contributed by atoms with Gasteiger partial charge in [-0.1, -0.05) is 6.92 Å². The molecule has 0 saturated carbocycles. The normalized spacial score (nSPS) is 18.8. The highest BCUT2D eigenvalue weighted by Crippen LogP contribution is 2.08. The fraction of sp³-hybridized carbons (Fsp3) is 0.889. The van der Waals surface area contributed by atoms with E-state index in [0.29, 0.717) is 6.42 Å².